The van der Waals surface area contributed by atoms with Crippen molar-refractivity contribution >= 4 is 17.7 Å². The molecule has 120 valence electrons. The van der Waals surface area contributed by atoms with Crippen LogP contribution in [0.25, 0.3) is 0 Å². The first-order valence-corrected chi connectivity index (χ1v) is 8.48. The maximum atomic E-state index is 12.4. The Labute approximate surface area is 139 Å². The fourth-order valence-corrected chi connectivity index (χ4v) is 3.31. The van der Waals surface area contributed by atoms with Crippen molar-refractivity contribution in [1.82, 2.24) is 4.90 Å². The number of pyridine rings is 1. The number of nitrogens with zero attached hydrogens (tertiary/aromatic N) is 2. The first-order chi connectivity index (χ1) is 11.2. The van der Waals surface area contributed by atoms with Gasteiger partial charge in [0.2, 0.25) is 5.91 Å². The number of amides is 1. The number of morpholine rings is 1. The van der Waals surface area contributed by atoms with E-state index in [2.05, 4.69) is 0 Å². The molecular weight excluding hydrogens is 312 g/mol. The zero-order chi connectivity index (χ0) is 16.1. The van der Waals surface area contributed by atoms with E-state index in [1.54, 1.807) is 18.2 Å². The van der Waals surface area contributed by atoms with Crippen molar-refractivity contribution in [1.29, 1.82) is 0 Å². The van der Waals surface area contributed by atoms with Crippen LogP contribution in [0.4, 0.5) is 0 Å². The molecule has 1 aromatic heterocycles. The van der Waals surface area contributed by atoms with Gasteiger partial charge in [0.15, 0.2) is 6.20 Å². The molecule has 0 saturated carbocycles. The molecule has 2 heterocycles. The highest BCUT2D eigenvalue weighted by atomic mass is 32.2. The van der Waals surface area contributed by atoms with Crippen LogP contribution < -0.4 is 4.73 Å². The number of thioether (sulfide) groups is 1. The molecule has 1 amide bonds. The average molecular weight is 330 g/mol. The normalized spacial score (nSPS) is 17.9. The van der Waals surface area contributed by atoms with Gasteiger partial charge in [0.1, 0.15) is 6.10 Å². The topological polar surface area (TPSA) is 56.5 Å². The van der Waals surface area contributed by atoms with Crippen molar-refractivity contribution in [2.75, 3.05) is 25.4 Å². The van der Waals surface area contributed by atoms with Crippen LogP contribution in [-0.2, 0) is 9.53 Å². The lowest BCUT2D eigenvalue weighted by Gasteiger charge is -2.33. The molecule has 1 fully saturated rings. The highest BCUT2D eigenvalue weighted by molar-refractivity contribution is 7.99. The summed E-state index contributed by atoms with van der Waals surface area (Å²) in [4.78, 5) is 14.2. The number of carbonyl (C=O) groups excluding carboxylic acids is 1. The number of carbonyl (C=O) groups is 1. The van der Waals surface area contributed by atoms with E-state index in [-0.39, 0.29) is 17.8 Å². The van der Waals surface area contributed by atoms with Gasteiger partial charge in [-0.25, -0.2) is 0 Å². The van der Waals surface area contributed by atoms with Crippen LogP contribution in [0.15, 0.2) is 59.8 Å². The van der Waals surface area contributed by atoms with Gasteiger partial charge in [0, 0.05) is 18.7 Å². The molecule has 0 bridgehead atoms. The van der Waals surface area contributed by atoms with Crippen LogP contribution in [0.5, 0.6) is 0 Å². The lowest BCUT2D eigenvalue weighted by Crippen LogP contribution is -2.43. The zero-order valence-corrected chi connectivity index (χ0v) is 13.4. The summed E-state index contributed by atoms with van der Waals surface area (Å²) in [6.07, 6.45) is 1.35. The van der Waals surface area contributed by atoms with E-state index >= 15 is 0 Å². The Bertz CT molecular complexity index is 666. The summed E-state index contributed by atoms with van der Waals surface area (Å²) >= 11 is 1.26. The van der Waals surface area contributed by atoms with Crippen LogP contribution in [0.1, 0.15) is 11.7 Å². The van der Waals surface area contributed by atoms with E-state index in [4.69, 9.17) is 4.74 Å². The highest BCUT2D eigenvalue weighted by Crippen LogP contribution is 2.23. The van der Waals surface area contributed by atoms with Gasteiger partial charge in [-0.05, 0) is 23.4 Å². The van der Waals surface area contributed by atoms with E-state index in [0.29, 0.717) is 24.7 Å². The second kappa shape index (κ2) is 7.48. The maximum Gasteiger partial charge on any atom is 0.251 e. The molecule has 0 aliphatic carbocycles. The average Bonchev–Trinajstić information content (AvgIpc) is 2.62. The van der Waals surface area contributed by atoms with Crippen molar-refractivity contribution in [3.8, 4) is 0 Å². The molecular formula is C17H18N2O3S. The van der Waals surface area contributed by atoms with Crippen molar-refractivity contribution in [2.24, 2.45) is 0 Å². The van der Waals surface area contributed by atoms with Gasteiger partial charge in [0.25, 0.3) is 5.03 Å². The summed E-state index contributed by atoms with van der Waals surface area (Å²) in [6, 6.07) is 15.1. The van der Waals surface area contributed by atoms with Gasteiger partial charge in [-0.2, -0.15) is 4.73 Å². The lowest BCUT2D eigenvalue weighted by molar-refractivity contribution is -0.645. The van der Waals surface area contributed by atoms with Crippen LogP contribution in [0.2, 0.25) is 0 Å². The molecule has 1 unspecified atom stereocenters. The van der Waals surface area contributed by atoms with Gasteiger partial charge in [-0.3, -0.25) is 4.79 Å². The van der Waals surface area contributed by atoms with E-state index in [0.717, 1.165) is 10.3 Å². The molecule has 0 radical (unpaired) electrons. The van der Waals surface area contributed by atoms with E-state index in [1.165, 1.54) is 18.0 Å². The summed E-state index contributed by atoms with van der Waals surface area (Å²) < 4.78 is 6.55. The number of hydrogen-bond donors (Lipinski definition) is 0. The summed E-state index contributed by atoms with van der Waals surface area (Å²) in [5, 5.41) is 12.1. The number of ether oxygens (including phenoxy) is 1. The predicted molar refractivity (Wildman–Crippen MR) is 87.8 cm³/mol. The van der Waals surface area contributed by atoms with Crippen LogP contribution in [0, 0.1) is 5.21 Å². The zero-order valence-electron chi connectivity index (χ0n) is 12.6. The standard InChI is InChI=1S/C17H18N2O3S/c20-16(13-23-17-8-4-5-9-19(17)21)18-10-11-22-15(12-18)14-6-2-1-3-7-14/h1-9,15H,10-13H2. The third kappa shape index (κ3) is 4.03. The van der Waals surface area contributed by atoms with Gasteiger partial charge in [0.05, 0.1) is 18.9 Å². The summed E-state index contributed by atoms with van der Waals surface area (Å²) in [5.74, 6) is 0.288. The Balaban J connectivity index is 1.58. The molecule has 2 aromatic rings. The van der Waals surface area contributed by atoms with Gasteiger partial charge in [-0.15, -0.1) is 0 Å². The van der Waals surface area contributed by atoms with E-state index < -0.39 is 0 Å². The Kier molecular flexibility index (Phi) is 5.15. The first kappa shape index (κ1) is 15.8. The molecule has 1 aromatic carbocycles. The Morgan fingerprint density at radius 2 is 2.04 bits per heavy atom. The molecule has 23 heavy (non-hydrogen) atoms. The minimum absolute atomic E-state index is 0.0306. The summed E-state index contributed by atoms with van der Waals surface area (Å²) in [5.41, 5.74) is 1.08. The minimum Gasteiger partial charge on any atom is -0.618 e. The van der Waals surface area contributed by atoms with E-state index in [9.17, 15) is 10.0 Å². The maximum absolute atomic E-state index is 12.4. The predicted octanol–water partition coefficient (Wildman–Crippen LogP) is 2.01. The third-order valence-corrected chi connectivity index (χ3v) is 4.73. The van der Waals surface area contributed by atoms with Crippen molar-refractivity contribution < 1.29 is 14.3 Å². The van der Waals surface area contributed by atoms with Crippen LogP contribution >= 0.6 is 11.8 Å². The van der Waals surface area contributed by atoms with Crippen molar-refractivity contribution in [3.05, 3.63) is 65.5 Å². The number of benzene rings is 1. The first-order valence-electron chi connectivity index (χ1n) is 7.49. The molecule has 5 nitrogen and oxygen atoms in total. The largest absolute Gasteiger partial charge is 0.618 e. The molecule has 3 rings (SSSR count). The Hall–Kier alpha value is -2.05. The van der Waals surface area contributed by atoms with Gasteiger partial charge >= 0.3 is 0 Å². The highest BCUT2D eigenvalue weighted by Gasteiger charge is 2.25. The number of rotatable bonds is 4. The van der Waals surface area contributed by atoms with Gasteiger partial charge < -0.3 is 14.8 Å². The quantitative estimate of drug-likeness (QED) is 0.489. The van der Waals surface area contributed by atoms with Crippen molar-refractivity contribution in [2.45, 2.75) is 11.1 Å². The lowest BCUT2D eigenvalue weighted by atomic mass is 10.1. The van der Waals surface area contributed by atoms with Gasteiger partial charge in [-0.1, -0.05) is 30.3 Å². The second-order valence-corrected chi connectivity index (χ2v) is 6.26. The molecule has 1 aliphatic rings. The second-order valence-electron chi connectivity index (χ2n) is 5.26. The third-order valence-electron chi connectivity index (χ3n) is 3.72. The summed E-state index contributed by atoms with van der Waals surface area (Å²) in [6.45, 7) is 1.67. The molecule has 1 aliphatic heterocycles. The molecule has 0 N–H and O–H groups in total. The fraction of sp³-hybridized carbons (Fsp3) is 0.294. The number of hydrogen-bond acceptors (Lipinski definition) is 4. The van der Waals surface area contributed by atoms with E-state index in [1.807, 2.05) is 35.2 Å². The number of aromatic nitrogens is 1. The molecule has 1 saturated heterocycles. The Morgan fingerprint density at radius 3 is 2.83 bits per heavy atom. The SMILES string of the molecule is O=C(CSc1cccc[n+]1[O-])N1CCOC(c2ccccc2)C1. The van der Waals surface area contributed by atoms with Crippen molar-refractivity contribution in [3.63, 3.8) is 0 Å². The fourth-order valence-electron chi connectivity index (χ4n) is 2.50. The molecule has 0 spiro atoms. The van der Waals surface area contributed by atoms with Crippen LogP contribution in [-0.4, -0.2) is 36.3 Å². The Morgan fingerprint density at radius 1 is 1.26 bits per heavy atom. The monoisotopic (exact) mass is 330 g/mol. The van der Waals surface area contributed by atoms with Crippen LogP contribution in [0.3, 0.4) is 0 Å². The minimum atomic E-state index is -0.0833. The molecule has 6 heteroatoms. The smallest absolute Gasteiger partial charge is 0.251 e. The molecule has 1 atom stereocenters. The summed E-state index contributed by atoms with van der Waals surface area (Å²) in [7, 11) is 0.